The van der Waals surface area contributed by atoms with Crippen LogP contribution in [-0.2, 0) is 0 Å². The van der Waals surface area contributed by atoms with Crippen molar-refractivity contribution in [1.29, 1.82) is 0 Å². The molecule has 1 atom stereocenters. The molecule has 0 aliphatic rings. The van der Waals surface area contributed by atoms with E-state index in [1.807, 2.05) is 0 Å². The zero-order valence-electron chi connectivity index (χ0n) is 12.9. The molecular formula is C17H36O. The Hall–Kier alpha value is -0.0400. The topological polar surface area (TPSA) is 20.2 Å². The van der Waals surface area contributed by atoms with E-state index in [-0.39, 0.29) is 0 Å². The van der Waals surface area contributed by atoms with Gasteiger partial charge in [0.2, 0.25) is 0 Å². The molecule has 0 heterocycles. The first-order chi connectivity index (χ1) is 8.81. The summed E-state index contributed by atoms with van der Waals surface area (Å²) in [5.41, 5.74) is 0. The van der Waals surface area contributed by atoms with Crippen LogP contribution in [0.25, 0.3) is 0 Å². The summed E-state index contributed by atoms with van der Waals surface area (Å²) in [5.74, 6) is 0.934. The third-order valence-electron chi connectivity index (χ3n) is 4.05. The van der Waals surface area contributed by atoms with Crippen molar-refractivity contribution in [2.24, 2.45) is 5.92 Å². The van der Waals surface area contributed by atoms with Gasteiger partial charge in [-0.05, 0) is 12.3 Å². The highest BCUT2D eigenvalue weighted by Gasteiger charge is 1.98. The van der Waals surface area contributed by atoms with Crippen molar-refractivity contribution in [3.8, 4) is 0 Å². The van der Waals surface area contributed by atoms with E-state index in [0.717, 1.165) is 12.3 Å². The van der Waals surface area contributed by atoms with Crippen molar-refractivity contribution >= 4 is 0 Å². The van der Waals surface area contributed by atoms with Gasteiger partial charge in [-0.25, -0.2) is 0 Å². The second-order valence-corrected chi connectivity index (χ2v) is 5.91. The molecule has 18 heavy (non-hydrogen) atoms. The quantitative estimate of drug-likeness (QED) is 0.395. The van der Waals surface area contributed by atoms with Crippen molar-refractivity contribution < 1.29 is 5.11 Å². The number of unbranched alkanes of at least 4 members (excludes halogenated alkanes) is 10. The monoisotopic (exact) mass is 256 g/mol. The zero-order valence-corrected chi connectivity index (χ0v) is 12.9. The van der Waals surface area contributed by atoms with Gasteiger partial charge in [-0.2, -0.15) is 0 Å². The van der Waals surface area contributed by atoms with E-state index in [1.165, 1.54) is 77.0 Å². The van der Waals surface area contributed by atoms with Crippen LogP contribution in [0.4, 0.5) is 0 Å². The molecule has 0 aromatic heterocycles. The molecule has 0 amide bonds. The number of aliphatic hydroxyl groups excluding tert-OH is 1. The van der Waals surface area contributed by atoms with Gasteiger partial charge in [0.15, 0.2) is 0 Å². The normalized spacial score (nSPS) is 12.8. The van der Waals surface area contributed by atoms with Gasteiger partial charge in [-0.15, -0.1) is 0 Å². The minimum Gasteiger partial charge on any atom is -0.396 e. The number of hydrogen-bond acceptors (Lipinski definition) is 1. The van der Waals surface area contributed by atoms with Gasteiger partial charge in [0.1, 0.15) is 0 Å². The summed E-state index contributed by atoms with van der Waals surface area (Å²) in [5, 5.41) is 8.66. The summed E-state index contributed by atoms with van der Waals surface area (Å²) < 4.78 is 0. The van der Waals surface area contributed by atoms with Crippen LogP contribution in [0.1, 0.15) is 97.3 Å². The minimum absolute atomic E-state index is 0.372. The molecule has 0 aliphatic carbocycles. The Labute approximate surface area is 115 Å². The van der Waals surface area contributed by atoms with E-state index in [0.29, 0.717) is 6.61 Å². The molecule has 0 aliphatic heterocycles. The Morgan fingerprint density at radius 2 is 1.06 bits per heavy atom. The SMILES string of the molecule is CC[C@@H](C)CCCCCCCCCCCCCO. The van der Waals surface area contributed by atoms with Crippen molar-refractivity contribution in [1.82, 2.24) is 0 Å². The molecule has 0 spiro atoms. The molecule has 0 fully saturated rings. The minimum atomic E-state index is 0.372. The van der Waals surface area contributed by atoms with Crippen molar-refractivity contribution in [2.45, 2.75) is 97.3 Å². The lowest BCUT2D eigenvalue weighted by Crippen LogP contribution is -1.91. The van der Waals surface area contributed by atoms with Gasteiger partial charge in [-0.3, -0.25) is 0 Å². The van der Waals surface area contributed by atoms with Gasteiger partial charge in [0.05, 0.1) is 0 Å². The first-order valence-corrected chi connectivity index (χ1v) is 8.42. The number of aliphatic hydroxyl groups is 1. The van der Waals surface area contributed by atoms with Crippen LogP contribution in [0.15, 0.2) is 0 Å². The van der Waals surface area contributed by atoms with Crippen LogP contribution in [0.3, 0.4) is 0 Å². The van der Waals surface area contributed by atoms with E-state index in [4.69, 9.17) is 5.11 Å². The third-order valence-corrected chi connectivity index (χ3v) is 4.05. The van der Waals surface area contributed by atoms with Crippen molar-refractivity contribution in [3.63, 3.8) is 0 Å². The highest BCUT2D eigenvalue weighted by Crippen LogP contribution is 2.15. The molecule has 0 aromatic carbocycles. The van der Waals surface area contributed by atoms with Gasteiger partial charge in [-0.1, -0.05) is 90.9 Å². The molecule has 0 rings (SSSR count). The highest BCUT2D eigenvalue weighted by atomic mass is 16.2. The first-order valence-electron chi connectivity index (χ1n) is 8.42. The van der Waals surface area contributed by atoms with Gasteiger partial charge in [0, 0.05) is 6.61 Å². The summed E-state index contributed by atoms with van der Waals surface area (Å²) in [6.07, 6.45) is 17.7. The highest BCUT2D eigenvalue weighted by molar-refractivity contribution is 4.52. The van der Waals surface area contributed by atoms with Crippen molar-refractivity contribution in [3.05, 3.63) is 0 Å². The third kappa shape index (κ3) is 14.0. The fraction of sp³-hybridized carbons (Fsp3) is 1.00. The molecule has 0 saturated carbocycles. The summed E-state index contributed by atoms with van der Waals surface area (Å²) >= 11 is 0. The smallest absolute Gasteiger partial charge is 0.0431 e. The average Bonchev–Trinajstić information content (AvgIpc) is 2.39. The molecule has 1 N–H and O–H groups in total. The number of hydrogen-bond donors (Lipinski definition) is 1. The van der Waals surface area contributed by atoms with E-state index >= 15 is 0 Å². The zero-order chi connectivity index (χ0) is 13.5. The van der Waals surface area contributed by atoms with Crippen LogP contribution in [0.5, 0.6) is 0 Å². The standard InChI is InChI=1S/C17H36O/c1-3-17(2)15-13-11-9-7-5-4-6-8-10-12-14-16-18/h17-18H,3-16H2,1-2H3/t17-/m1/s1. The Balaban J connectivity index is 2.94. The summed E-state index contributed by atoms with van der Waals surface area (Å²) in [7, 11) is 0. The van der Waals surface area contributed by atoms with Gasteiger partial charge >= 0.3 is 0 Å². The van der Waals surface area contributed by atoms with Crippen LogP contribution < -0.4 is 0 Å². The molecule has 0 bridgehead atoms. The molecule has 0 unspecified atom stereocenters. The summed E-state index contributed by atoms with van der Waals surface area (Å²) in [4.78, 5) is 0. The first kappa shape index (κ1) is 18.0. The Kier molecular flexibility index (Phi) is 15.0. The second-order valence-electron chi connectivity index (χ2n) is 5.91. The van der Waals surface area contributed by atoms with E-state index in [1.54, 1.807) is 0 Å². The largest absolute Gasteiger partial charge is 0.396 e. The Bertz CT molecular complexity index is 145. The molecule has 0 radical (unpaired) electrons. The Morgan fingerprint density at radius 3 is 1.44 bits per heavy atom. The molecular weight excluding hydrogens is 220 g/mol. The molecule has 0 aromatic rings. The maximum absolute atomic E-state index is 8.66. The maximum atomic E-state index is 8.66. The van der Waals surface area contributed by atoms with E-state index in [9.17, 15) is 0 Å². The maximum Gasteiger partial charge on any atom is 0.0431 e. The van der Waals surface area contributed by atoms with Crippen LogP contribution in [0.2, 0.25) is 0 Å². The van der Waals surface area contributed by atoms with E-state index in [2.05, 4.69) is 13.8 Å². The lowest BCUT2D eigenvalue weighted by molar-refractivity contribution is 0.282. The summed E-state index contributed by atoms with van der Waals surface area (Å²) in [6, 6.07) is 0. The van der Waals surface area contributed by atoms with Crippen LogP contribution >= 0.6 is 0 Å². The molecule has 0 saturated heterocycles. The lowest BCUT2D eigenvalue weighted by atomic mass is 9.99. The molecule has 110 valence electrons. The number of rotatable bonds is 14. The molecule has 1 heteroatoms. The second kappa shape index (κ2) is 15.0. The van der Waals surface area contributed by atoms with Gasteiger partial charge < -0.3 is 5.11 Å². The Morgan fingerprint density at radius 1 is 0.667 bits per heavy atom. The van der Waals surface area contributed by atoms with Crippen LogP contribution in [0, 0.1) is 5.92 Å². The predicted octanol–water partition coefficient (Wildman–Crippen LogP) is 5.71. The fourth-order valence-corrected chi connectivity index (χ4v) is 2.40. The average molecular weight is 256 g/mol. The van der Waals surface area contributed by atoms with Crippen LogP contribution in [-0.4, -0.2) is 11.7 Å². The predicted molar refractivity (Wildman–Crippen MR) is 81.9 cm³/mol. The van der Waals surface area contributed by atoms with Gasteiger partial charge in [0.25, 0.3) is 0 Å². The van der Waals surface area contributed by atoms with E-state index < -0.39 is 0 Å². The summed E-state index contributed by atoms with van der Waals surface area (Å²) in [6.45, 7) is 5.04. The lowest BCUT2D eigenvalue weighted by Gasteiger charge is -2.07. The van der Waals surface area contributed by atoms with Crippen molar-refractivity contribution in [2.75, 3.05) is 6.61 Å². The fourth-order valence-electron chi connectivity index (χ4n) is 2.40. The molecule has 1 nitrogen and oxygen atoms in total.